The lowest BCUT2D eigenvalue weighted by Crippen LogP contribution is -2.31. The maximum Gasteiger partial charge on any atom is 0.319 e. The van der Waals surface area contributed by atoms with Crippen LogP contribution in [-0.4, -0.2) is 6.03 Å². The van der Waals surface area contributed by atoms with Gasteiger partial charge in [-0.1, -0.05) is 52.3 Å². The van der Waals surface area contributed by atoms with E-state index in [0.717, 1.165) is 15.7 Å². The topological polar surface area (TPSA) is 41.1 Å². The molecule has 0 fully saturated rings. The van der Waals surface area contributed by atoms with Crippen LogP contribution in [0.1, 0.15) is 18.5 Å². The van der Waals surface area contributed by atoms with Gasteiger partial charge < -0.3 is 10.6 Å². The van der Waals surface area contributed by atoms with E-state index in [0.29, 0.717) is 0 Å². The molecule has 0 radical (unpaired) electrons. The molecule has 0 saturated heterocycles. The van der Waals surface area contributed by atoms with Crippen molar-refractivity contribution in [3.63, 3.8) is 0 Å². The zero-order valence-corrected chi connectivity index (χ0v) is 12.1. The number of hydrogen-bond donors (Lipinski definition) is 2. The summed E-state index contributed by atoms with van der Waals surface area (Å²) in [5.41, 5.74) is 1.83. The van der Waals surface area contributed by atoms with Crippen molar-refractivity contribution in [2.75, 3.05) is 5.32 Å². The second kappa shape index (κ2) is 6.38. The van der Waals surface area contributed by atoms with E-state index in [1.807, 2.05) is 61.5 Å². The second-order valence-corrected chi connectivity index (χ2v) is 5.16. The van der Waals surface area contributed by atoms with Crippen LogP contribution in [0.15, 0.2) is 59.1 Å². The third kappa shape index (κ3) is 4.10. The van der Waals surface area contributed by atoms with Crippen LogP contribution in [0.4, 0.5) is 10.5 Å². The fourth-order valence-electron chi connectivity index (χ4n) is 1.76. The minimum absolute atomic E-state index is 0.0339. The summed E-state index contributed by atoms with van der Waals surface area (Å²) in [6.07, 6.45) is 0. The minimum Gasteiger partial charge on any atom is -0.331 e. The normalized spacial score (nSPS) is 11.7. The van der Waals surface area contributed by atoms with E-state index in [9.17, 15) is 4.79 Å². The molecule has 98 valence electrons. The maximum absolute atomic E-state index is 11.9. The Kier molecular flexibility index (Phi) is 4.58. The van der Waals surface area contributed by atoms with Crippen LogP contribution in [0, 0.1) is 0 Å². The number of halogens is 1. The molecule has 0 spiro atoms. The predicted molar refractivity (Wildman–Crippen MR) is 81.2 cm³/mol. The van der Waals surface area contributed by atoms with Crippen LogP contribution in [0.3, 0.4) is 0 Å². The Balaban J connectivity index is 1.95. The molecule has 2 rings (SSSR count). The largest absolute Gasteiger partial charge is 0.331 e. The summed E-state index contributed by atoms with van der Waals surface area (Å²) < 4.78 is 0.932. The molecule has 0 unspecified atom stereocenters. The van der Waals surface area contributed by atoms with E-state index in [2.05, 4.69) is 26.6 Å². The van der Waals surface area contributed by atoms with Crippen molar-refractivity contribution in [2.45, 2.75) is 13.0 Å². The molecule has 0 heterocycles. The lowest BCUT2D eigenvalue weighted by Gasteiger charge is -2.15. The van der Waals surface area contributed by atoms with Crippen LogP contribution in [0.25, 0.3) is 0 Å². The summed E-state index contributed by atoms with van der Waals surface area (Å²) in [7, 11) is 0. The average Bonchev–Trinajstić information content (AvgIpc) is 2.39. The molecule has 2 aromatic carbocycles. The number of amides is 2. The molecule has 3 nitrogen and oxygen atoms in total. The van der Waals surface area contributed by atoms with Gasteiger partial charge in [-0.2, -0.15) is 0 Å². The van der Waals surface area contributed by atoms with Crippen molar-refractivity contribution in [1.82, 2.24) is 5.32 Å². The van der Waals surface area contributed by atoms with Gasteiger partial charge in [0.05, 0.1) is 6.04 Å². The lowest BCUT2D eigenvalue weighted by atomic mass is 10.1. The summed E-state index contributed by atoms with van der Waals surface area (Å²) >= 11 is 3.37. The molecule has 0 aromatic heterocycles. The number of hydrogen-bond acceptors (Lipinski definition) is 1. The molecule has 0 aliphatic carbocycles. The Morgan fingerprint density at radius 3 is 2.53 bits per heavy atom. The van der Waals surface area contributed by atoms with E-state index in [1.54, 1.807) is 0 Å². The number of nitrogens with one attached hydrogen (secondary N) is 2. The van der Waals surface area contributed by atoms with Crippen LogP contribution < -0.4 is 10.6 Å². The van der Waals surface area contributed by atoms with Crippen molar-refractivity contribution in [3.05, 3.63) is 64.6 Å². The first-order chi connectivity index (χ1) is 9.15. The molecule has 0 aliphatic heterocycles. The van der Waals surface area contributed by atoms with Gasteiger partial charge in [0.15, 0.2) is 0 Å². The zero-order chi connectivity index (χ0) is 13.7. The number of anilines is 1. The van der Waals surface area contributed by atoms with Crippen LogP contribution in [-0.2, 0) is 0 Å². The Morgan fingerprint density at radius 1 is 1.11 bits per heavy atom. The van der Waals surface area contributed by atoms with Gasteiger partial charge in [-0.15, -0.1) is 0 Å². The highest BCUT2D eigenvalue weighted by atomic mass is 79.9. The molecular formula is C15H15BrN2O. The monoisotopic (exact) mass is 318 g/mol. The van der Waals surface area contributed by atoms with Gasteiger partial charge in [0, 0.05) is 10.2 Å². The molecule has 0 aliphatic rings. The number of urea groups is 1. The van der Waals surface area contributed by atoms with Crippen LogP contribution >= 0.6 is 15.9 Å². The first-order valence-electron chi connectivity index (χ1n) is 6.03. The molecule has 4 heteroatoms. The van der Waals surface area contributed by atoms with E-state index in [1.165, 1.54) is 0 Å². The Labute approximate surface area is 121 Å². The molecule has 19 heavy (non-hydrogen) atoms. The summed E-state index contributed by atoms with van der Waals surface area (Å²) in [4.78, 5) is 11.9. The fraction of sp³-hybridized carbons (Fsp3) is 0.133. The van der Waals surface area contributed by atoms with E-state index in [-0.39, 0.29) is 12.1 Å². The number of benzene rings is 2. The van der Waals surface area contributed by atoms with Crippen molar-refractivity contribution in [1.29, 1.82) is 0 Å². The molecule has 0 saturated carbocycles. The minimum atomic E-state index is -0.213. The van der Waals surface area contributed by atoms with E-state index >= 15 is 0 Å². The van der Waals surface area contributed by atoms with Gasteiger partial charge in [-0.25, -0.2) is 4.79 Å². The van der Waals surface area contributed by atoms with Crippen molar-refractivity contribution >= 4 is 27.6 Å². The Hall–Kier alpha value is -1.81. The van der Waals surface area contributed by atoms with Crippen LogP contribution in [0.2, 0.25) is 0 Å². The van der Waals surface area contributed by atoms with E-state index in [4.69, 9.17) is 0 Å². The third-order valence-electron chi connectivity index (χ3n) is 2.73. The lowest BCUT2D eigenvalue weighted by molar-refractivity contribution is 0.249. The molecular weight excluding hydrogens is 304 g/mol. The maximum atomic E-state index is 11.9. The van der Waals surface area contributed by atoms with Gasteiger partial charge in [-0.05, 0) is 30.7 Å². The van der Waals surface area contributed by atoms with Crippen molar-refractivity contribution in [2.24, 2.45) is 0 Å². The average molecular weight is 319 g/mol. The standard InChI is InChI=1S/C15H15BrN2O/c1-11(12-6-3-2-4-7-12)17-15(19)18-14-9-5-8-13(16)10-14/h2-11H,1H3,(H2,17,18,19)/t11-/m1/s1. The van der Waals surface area contributed by atoms with E-state index < -0.39 is 0 Å². The SMILES string of the molecule is C[C@@H](NC(=O)Nc1cccc(Br)c1)c1ccccc1. The van der Waals surface area contributed by atoms with Gasteiger partial charge >= 0.3 is 6.03 Å². The van der Waals surface area contributed by atoms with Crippen molar-refractivity contribution < 1.29 is 4.79 Å². The molecule has 2 aromatic rings. The number of carbonyl (C=O) groups excluding carboxylic acids is 1. The summed E-state index contributed by atoms with van der Waals surface area (Å²) in [6.45, 7) is 1.95. The molecule has 0 bridgehead atoms. The summed E-state index contributed by atoms with van der Waals surface area (Å²) in [5.74, 6) is 0. The summed E-state index contributed by atoms with van der Waals surface area (Å²) in [5, 5.41) is 5.70. The predicted octanol–water partition coefficient (Wildman–Crippen LogP) is 4.33. The Morgan fingerprint density at radius 2 is 1.84 bits per heavy atom. The van der Waals surface area contributed by atoms with Gasteiger partial charge in [0.25, 0.3) is 0 Å². The van der Waals surface area contributed by atoms with Gasteiger partial charge in [0.2, 0.25) is 0 Å². The molecule has 2 N–H and O–H groups in total. The third-order valence-corrected chi connectivity index (χ3v) is 3.22. The first-order valence-corrected chi connectivity index (χ1v) is 6.82. The highest BCUT2D eigenvalue weighted by molar-refractivity contribution is 9.10. The molecule has 2 amide bonds. The number of rotatable bonds is 3. The highest BCUT2D eigenvalue weighted by Gasteiger charge is 2.08. The smallest absolute Gasteiger partial charge is 0.319 e. The van der Waals surface area contributed by atoms with Crippen LogP contribution in [0.5, 0.6) is 0 Å². The highest BCUT2D eigenvalue weighted by Crippen LogP contribution is 2.16. The molecule has 1 atom stereocenters. The van der Waals surface area contributed by atoms with Crippen molar-refractivity contribution in [3.8, 4) is 0 Å². The summed E-state index contributed by atoms with van der Waals surface area (Å²) in [6, 6.07) is 17.1. The fourth-order valence-corrected chi connectivity index (χ4v) is 2.15. The van der Waals surface area contributed by atoms with Gasteiger partial charge in [0.1, 0.15) is 0 Å². The Bertz CT molecular complexity index is 557. The second-order valence-electron chi connectivity index (χ2n) is 4.24. The number of carbonyl (C=O) groups is 1. The van der Waals surface area contributed by atoms with Gasteiger partial charge in [-0.3, -0.25) is 0 Å². The zero-order valence-electron chi connectivity index (χ0n) is 10.6. The first kappa shape index (κ1) is 13.6. The quantitative estimate of drug-likeness (QED) is 0.868.